The van der Waals surface area contributed by atoms with Crippen molar-refractivity contribution >= 4 is 62.1 Å². The molecule has 0 radical (unpaired) electrons. The van der Waals surface area contributed by atoms with Gasteiger partial charge in [-0.3, -0.25) is 4.79 Å². The summed E-state index contributed by atoms with van der Waals surface area (Å²) in [4.78, 5) is 31.9. The van der Waals surface area contributed by atoms with E-state index in [2.05, 4.69) is 5.32 Å². The first-order chi connectivity index (χ1) is 16.9. The van der Waals surface area contributed by atoms with Crippen LogP contribution in [0.3, 0.4) is 0 Å². The molecule has 3 heterocycles. The Hall–Kier alpha value is -3.52. The zero-order valence-corrected chi connectivity index (χ0v) is 21.2. The molecule has 0 fully saturated rings. The van der Waals surface area contributed by atoms with Gasteiger partial charge in [0.15, 0.2) is 0 Å². The van der Waals surface area contributed by atoms with Crippen LogP contribution in [-0.4, -0.2) is 24.0 Å². The van der Waals surface area contributed by atoms with Crippen LogP contribution in [0.15, 0.2) is 72.1 Å². The van der Waals surface area contributed by atoms with E-state index < -0.39 is 5.97 Å². The maximum absolute atomic E-state index is 13.6. The molecule has 1 amide bonds. The summed E-state index contributed by atoms with van der Waals surface area (Å²) in [7, 11) is 1.33. The number of thiophene rings is 2. The summed E-state index contributed by atoms with van der Waals surface area (Å²) in [6.45, 7) is 2.00. The van der Waals surface area contributed by atoms with Gasteiger partial charge in [-0.1, -0.05) is 59.6 Å². The Morgan fingerprint density at radius 1 is 1.03 bits per heavy atom. The average Bonchev–Trinajstić information content (AvgIpc) is 3.49. The Balaban J connectivity index is 1.58. The summed E-state index contributed by atoms with van der Waals surface area (Å²) in [5.74, 6) is -0.847. The number of nitrogens with zero attached hydrogens (tertiary/aromatic N) is 1. The molecule has 0 saturated carbocycles. The van der Waals surface area contributed by atoms with Crippen molar-refractivity contribution in [1.29, 1.82) is 0 Å². The lowest BCUT2D eigenvalue weighted by atomic mass is 10.0. The summed E-state index contributed by atoms with van der Waals surface area (Å²) < 4.78 is 5.70. The van der Waals surface area contributed by atoms with Gasteiger partial charge in [0.05, 0.1) is 33.1 Å². The molecule has 0 saturated heterocycles. The van der Waals surface area contributed by atoms with Crippen molar-refractivity contribution in [3.05, 3.63) is 93.1 Å². The second-order valence-corrected chi connectivity index (χ2v) is 10.4. The monoisotopic (exact) mass is 518 g/mol. The van der Waals surface area contributed by atoms with Crippen LogP contribution in [0.4, 0.5) is 5.00 Å². The van der Waals surface area contributed by atoms with Crippen molar-refractivity contribution < 1.29 is 14.3 Å². The third-order valence-electron chi connectivity index (χ3n) is 5.56. The number of esters is 1. The highest BCUT2D eigenvalue weighted by atomic mass is 35.5. The minimum absolute atomic E-state index is 0.332. The molecule has 5 aromatic rings. The lowest BCUT2D eigenvalue weighted by Crippen LogP contribution is -2.15. The molecule has 5 nitrogen and oxygen atoms in total. The van der Waals surface area contributed by atoms with Crippen molar-refractivity contribution in [2.75, 3.05) is 12.4 Å². The maximum Gasteiger partial charge on any atom is 0.341 e. The molecular formula is C27H19ClN2O3S2. The van der Waals surface area contributed by atoms with E-state index >= 15 is 0 Å². The Bertz CT molecular complexity index is 1570. The number of nitrogens with one attached hydrogen (secondary N) is 1. The maximum atomic E-state index is 13.6. The van der Waals surface area contributed by atoms with Crippen molar-refractivity contribution in [3.8, 4) is 21.7 Å². The molecular weight excluding hydrogens is 500 g/mol. The number of carbonyl (C=O) groups excluding carboxylic acids is 2. The SMILES string of the molecule is COC(=O)c1c(-c2ccc(C)cc2)csc1NC(=O)c1cc(-c2ccc(Cl)s2)nc2ccccc12. The molecule has 35 heavy (non-hydrogen) atoms. The number of rotatable bonds is 5. The van der Waals surface area contributed by atoms with Crippen LogP contribution in [0, 0.1) is 6.92 Å². The van der Waals surface area contributed by atoms with E-state index in [0.717, 1.165) is 16.0 Å². The first kappa shape index (κ1) is 23.2. The number of hydrogen-bond acceptors (Lipinski definition) is 6. The zero-order chi connectivity index (χ0) is 24.5. The normalized spacial score (nSPS) is 10.9. The Kier molecular flexibility index (Phi) is 6.38. The number of aromatic nitrogens is 1. The van der Waals surface area contributed by atoms with E-state index in [1.807, 2.05) is 66.9 Å². The standard InChI is InChI=1S/C27H19ClN2O3S2/c1-15-7-9-16(10-8-15)19-14-34-26(24(19)27(32)33-2)30-25(31)18-13-21(22-11-12-23(28)35-22)29-20-6-4-3-5-17(18)20/h3-14H,1-2H3,(H,30,31). The van der Waals surface area contributed by atoms with Crippen LogP contribution in [0.2, 0.25) is 4.34 Å². The van der Waals surface area contributed by atoms with Gasteiger partial charge in [0.25, 0.3) is 5.91 Å². The Morgan fingerprint density at radius 3 is 2.51 bits per heavy atom. The average molecular weight is 519 g/mol. The number of amides is 1. The minimum atomic E-state index is -0.509. The molecule has 0 aliphatic rings. The molecule has 0 spiro atoms. The number of para-hydroxylation sites is 1. The Morgan fingerprint density at radius 2 is 1.80 bits per heavy atom. The lowest BCUT2D eigenvalue weighted by Gasteiger charge is -2.11. The van der Waals surface area contributed by atoms with Crippen molar-refractivity contribution in [2.45, 2.75) is 6.92 Å². The van der Waals surface area contributed by atoms with Crippen molar-refractivity contribution in [2.24, 2.45) is 0 Å². The van der Waals surface area contributed by atoms with Crippen molar-refractivity contribution in [3.63, 3.8) is 0 Å². The molecule has 3 aromatic heterocycles. The quantitative estimate of drug-likeness (QED) is 0.242. The van der Waals surface area contributed by atoms with Gasteiger partial charge in [-0.25, -0.2) is 9.78 Å². The summed E-state index contributed by atoms with van der Waals surface area (Å²) in [6.07, 6.45) is 0. The number of carbonyl (C=O) groups is 2. The molecule has 0 atom stereocenters. The fourth-order valence-corrected chi connectivity index (χ4v) is 5.77. The van der Waals surface area contributed by atoms with Crippen LogP contribution in [0.25, 0.3) is 32.6 Å². The topological polar surface area (TPSA) is 68.3 Å². The first-order valence-corrected chi connectivity index (χ1v) is 12.8. The zero-order valence-electron chi connectivity index (χ0n) is 18.8. The second-order valence-electron chi connectivity index (χ2n) is 7.84. The highest BCUT2D eigenvalue weighted by molar-refractivity contribution is 7.19. The highest BCUT2D eigenvalue weighted by Crippen LogP contribution is 2.37. The number of halogens is 1. The summed E-state index contributed by atoms with van der Waals surface area (Å²) >= 11 is 8.81. The smallest absolute Gasteiger partial charge is 0.341 e. The van der Waals surface area contributed by atoms with Gasteiger partial charge >= 0.3 is 5.97 Å². The molecule has 0 aliphatic heterocycles. The van der Waals surface area contributed by atoms with Gasteiger partial charge in [-0.15, -0.1) is 22.7 Å². The third-order valence-corrected chi connectivity index (χ3v) is 7.71. The van der Waals surface area contributed by atoms with Gasteiger partial charge in [0.2, 0.25) is 0 Å². The number of pyridine rings is 1. The van der Waals surface area contributed by atoms with Crippen LogP contribution in [0.5, 0.6) is 0 Å². The highest BCUT2D eigenvalue weighted by Gasteiger charge is 2.24. The molecule has 0 bridgehead atoms. The first-order valence-electron chi connectivity index (χ1n) is 10.7. The summed E-state index contributed by atoms with van der Waals surface area (Å²) in [5.41, 5.74) is 4.84. The number of methoxy groups -OCH3 is 1. The van der Waals surface area contributed by atoms with E-state index in [1.165, 1.54) is 29.8 Å². The van der Waals surface area contributed by atoms with E-state index in [4.69, 9.17) is 21.3 Å². The largest absolute Gasteiger partial charge is 0.465 e. The van der Waals surface area contributed by atoms with Gasteiger partial charge in [0.1, 0.15) is 10.6 Å². The number of hydrogen-bond donors (Lipinski definition) is 1. The lowest BCUT2D eigenvalue weighted by molar-refractivity contribution is 0.0603. The molecule has 0 unspecified atom stereocenters. The second kappa shape index (κ2) is 9.62. The van der Waals surface area contributed by atoms with Gasteiger partial charge in [0, 0.05) is 16.3 Å². The predicted molar refractivity (Wildman–Crippen MR) is 144 cm³/mol. The van der Waals surface area contributed by atoms with E-state index in [9.17, 15) is 9.59 Å². The number of benzene rings is 2. The van der Waals surface area contributed by atoms with Crippen LogP contribution >= 0.6 is 34.3 Å². The number of aryl methyl sites for hydroxylation is 1. The van der Waals surface area contributed by atoms with Gasteiger partial charge in [-0.05, 0) is 36.8 Å². The van der Waals surface area contributed by atoms with E-state index in [1.54, 1.807) is 12.1 Å². The minimum Gasteiger partial charge on any atom is -0.465 e. The molecule has 174 valence electrons. The van der Waals surface area contributed by atoms with Crippen LogP contribution < -0.4 is 5.32 Å². The van der Waals surface area contributed by atoms with E-state index in [-0.39, 0.29) is 5.91 Å². The van der Waals surface area contributed by atoms with Gasteiger partial charge < -0.3 is 10.1 Å². The van der Waals surface area contributed by atoms with Gasteiger partial charge in [-0.2, -0.15) is 0 Å². The molecule has 0 aliphatic carbocycles. The third kappa shape index (κ3) is 4.58. The summed E-state index contributed by atoms with van der Waals surface area (Å²) in [5, 5.41) is 5.95. The molecule has 5 rings (SSSR count). The summed E-state index contributed by atoms with van der Waals surface area (Å²) in [6, 6.07) is 20.8. The predicted octanol–water partition coefficient (Wildman–Crippen LogP) is 7.69. The van der Waals surface area contributed by atoms with Crippen LogP contribution in [0.1, 0.15) is 26.3 Å². The molecule has 1 N–H and O–H groups in total. The molecule has 8 heteroatoms. The van der Waals surface area contributed by atoms with Crippen LogP contribution in [-0.2, 0) is 4.74 Å². The number of fused-ring (bicyclic) bond motifs is 1. The fourth-order valence-electron chi connectivity index (χ4n) is 3.81. The molecule has 2 aromatic carbocycles. The number of anilines is 1. The number of ether oxygens (including phenoxy) is 1. The fraction of sp³-hybridized carbons (Fsp3) is 0.0741. The Labute approximate surface area is 215 Å². The van der Waals surface area contributed by atoms with E-state index in [0.29, 0.717) is 42.6 Å². The van der Waals surface area contributed by atoms with Crippen molar-refractivity contribution in [1.82, 2.24) is 4.98 Å².